The van der Waals surface area contributed by atoms with Gasteiger partial charge in [0, 0.05) is 98.7 Å². The van der Waals surface area contributed by atoms with E-state index in [4.69, 9.17) is 5.10 Å². The standard InChI is InChI=1S/C51H72FN7O2.C3H6.C2H7N/c1-6-14-49-46(8-3)51(54-59(49)44-16-10-9-11-17-44)57-25-12-15-41-31-40(48(37(4)52)33-50(41)57)20-19-39(23-24-53-36-61)34-55-26-28-56(29-27-55)45-21-22-47-38(5)58(35-42(47)32-45)43(7-2)18-13-30-60;2*1-3-2/h7,21-22,30-33,36-37,39,43-44H,2,5-6,8-20,23-29,34-35H2,1,3-4H3,(H,53,61);3H,1H2,2H3;3H,1-2H3. The van der Waals surface area contributed by atoms with Gasteiger partial charge in [-0.25, -0.2) is 4.39 Å². The molecule has 3 atom stereocenters. The first kappa shape index (κ1) is 53.2. The minimum absolute atomic E-state index is 0.0939. The summed E-state index contributed by atoms with van der Waals surface area (Å²) in [5.41, 5.74) is 11.9. The molecule has 3 aliphatic heterocycles. The number of aldehydes is 1. The maximum atomic E-state index is 15.8. The Morgan fingerprint density at radius 2 is 1.66 bits per heavy atom. The number of hydrogen-bond acceptors (Lipinski definition) is 8. The summed E-state index contributed by atoms with van der Waals surface area (Å²) in [7, 11) is 3.75. The number of hydrogen-bond donors (Lipinski definition) is 2. The Hall–Kier alpha value is -4.74. The average molecular weight is 921 g/mol. The Kier molecular flexibility index (Phi) is 21.7. The molecule has 1 aliphatic carbocycles. The largest absolute Gasteiger partial charge is 0.369 e. The maximum Gasteiger partial charge on any atom is 0.207 e. The van der Waals surface area contributed by atoms with E-state index in [0.29, 0.717) is 24.9 Å². The molecule has 1 saturated carbocycles. The minimum Gasteiger partial charge on any atom is -0.369 e. The van der Waals surface area contributed by atoms with Crippen LogP contribution in [0.3, 0.4) is 0 Å². The van der Waals surface area contributed by atoms with Crippen LogP contribution in [0.2, 0.25) is 0 Å². The zero-order valence-electron chi connectivity index (χ0n) is 42.3. The number of aromatic nitrogens is 2. The number of fused-ring (bicyclic) bond motifs is 2. The van der Waals surface area contributed by atoms with Crippen molar-refractivity contribution in [2.24, 2.45) is 5.92 Å². The van der Waals surface area contributed by atoms with Crippen LogP contribution in [-0.2, 0) is 41.8 Å². The molecule has 10 nitrogen and oxygen atoms in total. The molecular weight excluding hydrogens is 836 g/mol. The number of aryl methyl sites for hydroxylation is 2. The Morgan fingerprint density at radius 3 is 2.30 bits per heavy atom. The molecule has 2 N–H and O–H groups in total. The van der Waals surface area contributed by atoms with E-state index >= 15 is 4.39 Å². The van der Waals surface area contributed by atoms with Gasteiger partial charge in [0.1, 0.15) is 12.5 Å². The van der Waals surface area contributed by atoms with Crippen LogP contribution in [0, 0.1) is 5.92 Å². The smallest absolute Gasteiger partial charge is 0.207 e. The third-order valence-electron chi connectivity index (χ3n) is 14.2. The number of halogens is 1. The molecule has 0 radical (unpaired) electrons. The van der Waals surface area contributed by atoms with Crippen LogP contribution in [-0.4, -0.2) is 98.2 Å². The lowest BCUT2D eigenvalue weighted by Gasteiger charge is -2.38. The highest BCUT2D eigenvalue weighted by atomic mass is 19.1. The van der Waals surface area contributed by atoms with Gasteiger partial charge >= 0.3 is 0 Å². The topological polar surface area (TPSA) is 89.0 Å². The van der Waals surface area contributed by atoms with Crippen molar-refractivity contribution in [1.29, 1.82) is 0 Å². The Labute approximate surface area is 404 Å². The van der Waals surface area contributed by atoms with Crippen molar-refractivity contribution in [2.75, 3.05) is 69.7 Å². The van der Waals surface area contributed by atoms with Crippen molar-refractivity contribution >= 4 is 35.6 Å². The van der Waals surface area contributed by atoms with E-state index in [1.807, 2.05) is 27.1 Å². The number of benzene rings is 2. The molecule has 1 aromatic heterocycles. The monoisotopic (exact) mass is 921 g/mol. The summed E-state index contributed by atoms with van der Waals surface area (Å²) in [6.07, 6.45) is 19.8. The molecule has 2 fully saturated rings. The van der Waals surface area contributed by atoms with Gasteiger partial charge in [0.15, 0.2) is 5.82 Å². The Balaban J connectivity index is 0.00000133. The molecule has 4 aliphatic rings. The second kappa shape index (κ2) is 27.3. The second-order valence-corrected chi connectivity index (χ2v) is 19.1. The highest BCUT2D eigenvalue weighted by Crippen LogP contribution is 2.42. The van der Waals surface area contributed by atoms with Crippen molar-refractivity contribution < 1.29 is 14.0 Å². The molecule has 368 valence electrons. The number of nitrogens with zero attached hydrogens (tertiary/aromatic N) is 6. The average Bonchev–Trinajstić information content (AvgIpc) is 3.87. The first-order valence-electron chi connectivity index (χ1n) is 25.7. The van der Waals surface area contributed by atoms with Gasteiger partial charge in [-0.2, -0.15) is 5.10 Å². The number of amides is 1. The number of rotatable bonds is 21. The molecule has 1 saturated heterocycles. The van der Waals surface area contributed by atoms with Crippen molar-refractivity contribution in [3.63, 3.8) is 0 Å². The highest BCUT2D eigenvalue weighted by Gasteiger charge is 2.31. The molecule has 1 amide bonds. The molecule has 0 bridgehead atoms. The summed E-state index contributed by atoms with van der Waals surface area (Å²) < 4.78 is 18.2. The lowest BCUT2D eigenvalue weighted by Crippen LogP contribution is -2.48. The summed E-state index contributed by atoms with van der Waals surface area (Å²) in [6.45, 7) is 27.0. The summed E-state index contributed by atoms with van der Waals surface area (Å²) >= 11 is 0. The predicted octanol–water partition coefficient (Wildman–Crippen LogP) is 10.9. The van der Waals surface area contributed by atoms with Gasteiger partial charge in [0.2, 0.25) is 6.41 Å². The van der Waals surface area contributed by atoms with Crippen LogP contribution in [0.15, 0.2) is 62.2 Å². The summed E-state index contributed by atoms with van der Waals surface area (Å²) in [6, 6.07) is 11.8. The molecule has 4 heterocycles. The lowest BCUT2D eigenvalue weighted by molar-refractivity contribution is -0.109. The van der Waals surface area contributed by atoms with E-state index in [1.165, 1.54) is 65.7 Å². The summed E-state index contributed by atoms with van der Waals surface area (Å²) in [4.78, 5) is 32.1. The van der Waals surface area contributed by atoms with E-state index in [0.717, 1.165) is 145 Å². The highest BCUT2D eigenvalue weighted by molar-refractivity contribution is 5.73. The number of allylic oxidation sites excluding steroid dienone is 1. The van der Waals surface area contributed by atoms with Crippen LogP contribution in [0.1, 0.15) is 150 Å². The Morgan fingerprint density at radius 1 is 0.925 bits per heavy atom. The first-order chi connectivity index (χ1) is 32.6. The number of nitrogens with one attached hydrogen (secondary N) is 2. The predicted molar refractivity (Wildman–Crippen MR) is 279 cm³/mol. The molecule has 7 rings (SSSR count). The third kappa shape index (κ3) is 13.7. The number of alkyl halides is 1. The molecule has 0 spiro atoms. The Bertz CT molecular complexity index is 2050. The quantitative estimate of drug-likeness (QED) is 0.0621. The van der Waals surface area contributed by atoms with E-state index in [2.05, 4.69) is 98.8 Å². The lowest BCUT2D eigenvalue weighted by atomic mass is 9.88. The zero-order chi connectivity index (χ0) is 48.3. The minimum atomic E-state index is -1.07. The van der Waals surface area contributed by atoms with E-state index in [-0.39, 0.29) is 6.04 Å². The molecule has 3 aromatic rings. The van der Waals surface area contributed by atoms with E-state index in [9.17, 15) is 9.59 Å². The van der Waals surface area contributed by atoms with Gasteiger partial charge in [-0.15, -0.1) is 13.2 Å². The molecule has 11 heteroatoms. The number of piperazine rings is 1. The van der Waals surface area contributed by atoms with Crippen molar-refractivity contribution in [3.8, 4) is 0 Å². The van der Waals surface area contributed by atoms with Crippen LogP contribution in [0.25, 0.3) is 5.70 Å². The fourth-order valence-corrected chi connectivity index (χ4v) is 10.9. The fourth-order valence-electron chi connectivity index (χ4n) is 10.9. The van der Waals surface area contributed by atoms with Gasteiger partial charge < -0.3 is 30.1 Å². The third-order valence-corrected chi connectivity index (χ3v) is 14.2. The van der Waals surface area contributed by atoms with Crippen molar-refractivity contribution in [3.05, 3.63) is 101 Å². The summed E-state index contributed by atoms with van der Waals surface area (Å²) in [5, 5.41) is 11.1. The maximum absolute atomic E-state index is 15.8. The van der Waals surface area contributed by atoms with Gasteiger partial charge in [0.05, 0.1) is 6.04 Å². The van der Waals surface area contributed by atoms with Crippen LogP contribution < -0.4 is 20.4 Å². The van der Waals surface area contributed by atoms with Gasteiger partial charge in [-0.3, -0.25) is 14.4 Å². The fraction of sp³-hybridized carbons (Fsp3) is 0.589. The zero-order valence-corrected chi connectivity index (χ0v) is 42.3. The SMILES string of the molecule is C=CC.C=CC(CCC=O)N1Cc2cc(N3CCN(CC(CCNC=O)CCc4cc5c(cc4C(C)F)N(c4nn(C6CCCCC6)c(CCC)c4CC)CCC5)CC3)ccc2C1=C.CNC. The van der Waals surface area contributed by atoms with E-state index < -0.39 is 6.17 Å². The normalized spacial score (nSPS) is 17.5. The number of carbonyl (C=O) groups is 2. The van der Waals surface area contributed by atoms with Crippen LogP contribution in [0.4, 0.5) is 21.6 Å². The number of anilines is 3. The van der Waals surface area contributed by atoms with Gasteiger partial charge in [-0.1, -0.05) is 70.4 Å². The van der Waals surface area contributed by atoms with Gasteiger partial charge in [-0.05, 0) is 139 Å². The molecule has 67 heavy (non-hydrogen) atoms. The summed E-state index contributed by atoms with van der Waals surface area (Å²) in [5.74, 6) is 1.47. The van der Waals surface area contributed by atoms with Crippen LogP contribution in [0.5, 0.6) is 0 Å². The van der Waals surface area contributed by atoms with Crippen molar-refractivity contribution in [1.82, 2.24) is 30.2 Å². The van der Waals surface area contributed by atoms with Crippen LogP contribution >= 0.6 is 0 Å². The molecule has 2 aromatic carbocycles. The van der Waals surface area contributed by atoms with Crippen molar-refractivity contribution in [2.45, 2.75) is 149 Å². The molecule has 3 unspecified atom stereocenters. The first-order valence-corrected chi connectivity index (χ1v) is 25.7. The van der Waals surface area contributed by atoms with Gasteiger partial charge in [0.25, 0.3) is 0 Å². The second-order valence-electron chi connectivity index (χ2n) is 19.1. The number of carbonyl (C=O) groups excluding carboxylic acids is 2. The molecular formula is C56H85FN8O2. The van der Waals surface area contributed by atoms with E-state index in [1.54, 1.807) is 13.0 Å².